The van der Waals surface area contributed by atoms with Crippen molar-refractivity contribution < 1.29 is 9.53 Å². The molecule has 150 valence electrons. The van der Waals surface area contributed by atoms with E-state index in [1.165, 1.54) is 17.3 Å². The first-order chi connectivity index (χ1) is 14.8. The van der Waals surface area contributed by atoms with Crippen LogP contribution in [0.4, 0.5) is 0 Å². The molecule has 0 spiro atoms. The van der Waals surface area contributed by atoms with E-state index in [0.717, 1.165) is 16.7 Å². The molecule has 4 rings (SSSR count). The van der Waals surface area contributed by atoms with Gasteiger partial charge in [-0.1, -0.05) is 54.6 Å². The van der Waals surface area contributed by atoms with Gasteiger partial charge in [0.15, 0.2) is 5.82 Å². The molecule has 0 bridgehead atoms. The van der Waals surface area contributed by atoms with Crippen molar-refractivity contribution in [3.63, 3.8) is 0 Å². The third-order valence-corrected chi connectivity index (χ3v) is 4.49. The van der Waals surface area contributed by atoms with E-state index in [2.05, 4.69) is 20.4 Å². The van der Waals surface area contributed by atoms with Crippen LogP contribution in [0.1, 0.15) is 27.0 Å². The van der Waals surface area contributed by atoms with Crippen LogP contribution in [0.3, 0.4) is 0 Å². The number of aromatic nitrogens is 4. The number of nitrogens with zero attached hydrogens (tertiary/aromatic N) is 4. The molecule has 30 heavy (non-hydrogen) atoms. The maximum absolute atomic E-state index is 12.5. The van der Waals surface area contributed by atoms with E-state index in [1.807, 2.05) is 54.6 Å². The van der Waals surface area contributed by atoms with Gasteiger partial charge in [0.2, 0.25) is 0 Å². The Balaban J connectivity index is 1.32. The summed E-state index contributed by atoms with van der Waals surface area (Å²) in [7, 11) is 0. The molecule has 0 unspecified atom stereocenters. The van der Waals surface area contributed by atoms with Gasteiger partial charge in [-0.2, -0.15) is 5.10 Å². The van der Waals surface area contributed by atoms with Crippen molar-refractivity contribution in [2.24, 2.45) is 0 Å². The second-order valence-electron chi connectivity index (χ2n) is 6.72. The zero-order valence-electron chi connectivity index (χ0n) is 16.3. The summed E-state index contributed by atoms with van der Waals surface area (Å²) in [6, 6.07) is 21.4. The first-order valence-corrected chi connectivity index (χ1v) is 9.57. The highest BCUT2D eigenvalue weighted by Crippen LogP contribution is 2.10. The van der Waals surface area contributed by atoms with E-state index in [9.17, 15) is 4.79 Å². The number of amides is 1. The number of nitrogens with one attached hydrogen (secondary N) is 1. The quantitative estimate of drug-likeness (QED) is 0.492. The van der Waals surface area contributed by atoms with Gasteiger partial charge in [-0.25, -0.2) is 14.6 Å². The van der Waals surface area contributed by atoms with Crippen LogP contribution in [0, 0.1) is 0 Å². The highest BCUT2D eigenvalue weighted by molar-refractivity contribution is 5.94. The predicted molar refractivity (Wildman–Crippen MR) is 112 cm³/mol. The van der Waals surface area contributed by atoms with Crippen molar-refractivity contribution in [2.75, 3.05) is 0 Å². The van der Waals surface area contributed by atoms with E-state index in [0.29, 0.717) is 31.1 Å². The van der Waals surface area contributed by atoms with Gasteiger partial charge in [0, 0.05) is 18.3 Å². The first-order valence-electron chi connectivity index (χ1n) is 9.57. The van der Waals surface area contributed by atoms with E-state index >= 15 is 0 Å². The normalized spacial score (nSPS) is 10.7. The summed E-state index contributed by atoms with van der Waals surface area (Å²) in [6.45, 7) is 1.51. The molecule has 7 heteroatoms. The molecule has 0 radical (unpaired) electrons. The number of pyridine rings is 1. The second kappa shape index (κ2) is 9.58. The smallest absolute Gasteiger partial charge is 0.251 e. The topological polar surface area (TPSA) is 81.9 Å². The molecule has 2 heterocycles. The van der Waals surface area contributed by atoms with E-state index in [4.69, 9.17) is 4.74 Å². The molecular formula is C23H21N5O2. The van der Waals surface area contributed by atoms with Gasteiger partial charge in [0.25, 0.3) is 5.91 Å². The highest BCUT2D eigenvalue weighted by Gasteiger charge is 2.08. The standard InChI is InChI=1S/C23H21N5O2/c29-23(21-9-10-25-22(12-21)28-17-24-16-27-28)26-13-19-7-4-8-20(11-19)15-30-14-18-5-2-1-3-6-18/h1-12,16-17H,13-15H2,(H,26,29). The monoisotopic (exact) mass is 399 g/mol. The Labute approximate surface area is 174 Å². The Bertz CT molecular complexity index is 1100. The predicted octanol–water partition coefficient (Wildman–Crippen LogP) is 3.31. The maximum Gasteiger partial charge on any atom is 0.251 e. The highest BCUT2D eigenvalue weighted by atomic mass is 16.5. The van der Waals surface area contributed by atoms with E-state index in [1.54, 1.807) is 18.3 Å². The number of benzene rings is 2. The lowest BCUT2D eigenvalue weighted by Crippen LogP contribution is -2.23. The lowest BCUT2D eigenvalue weighted by Gasteiger charge is -2.09. The second-order valence-corrected chi connectivity index (χ2v) is 6.72. The van der Waals surface area contributed by atoms with Crippen molar-refractivity contribution in [3.05, 3.63) is 108 Å². The fourth-order valence-corrected chi connectivity index (χ4v) is 2.99. The summed E-state index contributed by atoms with van der Waals surface area (Å²) in [5, 5.41) is 6.98. The van der Waals surface area contributed by atoms with Crippen molar-refractivity contribution in [1.82, 2.24) is 25.1 Å². The largest absolute Gasteiger partial charge is 0.372 e. The number of hydrogen-bond donors (Lipinski definition) is 1. The molecule has 0 fully saturated rings. The summed E-state index contributed by atoms with van der Waals surface area (Å²) in [5.74, 6) is 0.363. The molecule has 0 saturated heterocycles. The van der Waals surface area contributed by atoms with Crippen LogP contribution in [-0.2, 0) is 24.5 Å². The molecule has 0 aliphatic carbocycles. The molecule has 2 aromatic carbocycles. The van der Waals surface area contributed by atoms with Crippen LogP contribution in [-0.4, -0.2) is 25.7 Å². The molecule has 2 aromatic heterocycles. The fraction of sp³-hybridized carbons (Fsp3) is 0.130. The van der Waals surface area contributed by atoms with E-state index in [-0.39, 0.29) is 5.91 Å². The van der Waals surface area contributed by atoms with Crippen molar-refractivity contribution in [1.29, 1.82) is 0 Å². The minimum absolute atomic E-state index is 0.176. The average molecular weight is 399 g/mol. The van der Waals surface area contributed by atoms with Gasteiger partial charge in [0.05, 0.1) is 13.2 Å². The van der Waals surface area contributed by atoms with Gasteiger partial charge in [-0.05, 0) is 28.8 Å². The number of carbonyl (C=O) groups excluding carboxylic acids is 1. The lowest BCUT2D eigenvalue weighted by atomic mass is 10.1. The summed E-state index contributed by atoms with van der Waals surface area (Å²) < 4.78 is 7.31. The van der Waals surface area contributed by atoms with Crippen LogP contribution in [0.25, 0.3) is 5.82 Å². The maximum atomic E-state index is 12.5. The molecule has 0 atom stereocenters. The molecule has 7 nitrogen and oxygen atoms in total. The Morgan fingerprint density at radius 3 is 2.57 bits per heavy atom. The van der Waals surface area contributed by atoms with Gasteiger partial charge in [-0.15, -0.1) is 0 Å². The molecular weight excluding hydrogens is 378 g/mol. The van der Waals surface area contributed by atoms with Crippen LogP contribution in [0.15, 0.2) is 85.6 Å². The Hall–Kier alpha value is -3.84. The Kier molecular flexibility index (Phi) is 6.22. The van der Waals surface area contributed by atoms with Crippen molar-refractivity contribution in [3.8, 4) is 5.82 Å². The zero-order chi connectivity index (χ0) is 20.6. The average Bonchev–Trinajstić information content (AvgIpc) is 3.34. The van der Waals surface area contributed by atoms with Crippen LogP contribution < -0.4 is 5.32 Å². The molecule has 0 saturated carbocycles. The summed E-state index contributed by atoms with van der Waals surface area (Å²) in [5.41, 5.74) is 3.73. The SMILES string of the molecule is O=C(NCc1cccc(COCc2ccccc2)c1)c1ccnc(-n2cncn2)c1. The third kappa shape index (κ3) is 5.15. The number of hydrogen-bond acceptors (Lipinski definition) is 5. The molecule has 4 aromatic rings. The van der Waals surface area contributed by atoms with Crippen LogP contribution >= 0.6 is 0 Å². The number of ether oxygens (including phenoxy) is 1. The fourth-order valence-electron chi connectivity index (χ4n) is 2.99. The number of rotatable bonds is 8. The number of carbonyl (C=O) groups is 1. The van der Waals surface area contributed by atoms with E-state index < -0.39 is 0 Å². The van der Waals surface area contributed by atoms with Gasteiger partial charge < -0.3 is 10.1 Å². The van der Waals surface area contributed by atoms with Crippen molar-refractivity contribution in [2.45, 2.75) is 19.8 Å². The summed E-state index contributed by atoms with van der Waals surface area (Å²) in [6.07, 6.45) is 4.54. The molecule has 0 aliphatic heterocycles. The zero-order valence-corrected chi connectivity index (χ0v) is 16.3. The van der Waals surface area contributed by atoms with Crippen LogP contribution in [0.2, 0.25) is 0 Å². The summed E-state index contributed by atoms with van der Waals surface area (Å²) in [4.78, 5) is 20.7. The minimum atomic E-state index is -0.176. The third-order valence-electron chi connectivity index (χ3n) is 4.49. The van der Waals surface area contributed by atoms with Gasteiger partial charge in [0.1, 0.15) is 12.7 Å². The van der Waals surface area contributed by atoms with Crippen molar-refractivity contribution >= 4 is 5.91 Å². The lowest BCUT2D eigenvalue weighted by molar-refractivity contribution is 0.0950. The van der Waals surface area contributed by atoms with Gasteiger partial charge in [-0.3, -0.25) is 4.79 Å². The molecule has 0 aliphatic rings. The Morgan fingerprint density at radius 1 is 0.933 bits per heavy atom. The minimum Gasteiger partial charge on any atom is -0.372 e. The first kappa shape index (κ1) is 19.5. The Morgan fingerprint density at radius 2 is 1.73 bits per heavy atom. The molecule has 1 N–H and O–H groups in total. The van der Waals surface area contributed by atoms with Crippen LogP contribution in [0.5, 0.6) is 0 Å². The van der Waals surface area contributed by atoms with Gasteiger partial charge >= 0.3 is 0 Å². The molecule has 1 amide bonds. The summed E-state index contributed by atoms with van der Waals surface area (Å²) >= 11 is 0.